The number of amides is 1. The van der Waals surface area contributed by atoms with Gasteiger partial charge < -0.3 is 5.73 Å². The molecule has 0 fully saturated rings. The van der Waals surface area contributed by atoms with Gasteiger partial charge in [-0.1, -0.05) is 36.4 Å². The maximum atomic E-state index is 11.1. The smallest absolute Gasteiger partial charge is 0.221 e. The molecule has 2 rings (SSSR count). The second-order valence-electron chi connectivity index (χ2n) is 4.80. The topological polar surface area (TPSA) is 43.1 Å². The van der Waals surface area contributed by atoms with Gasteiger partial charge in [0, 0.05) is 0 Å². The fourth-order valence-corrected chi connectivity index (χ4v) is 5.40. The van der Waals surface area contributed by atoms with Crippen LogP contribution in [0.15, 0.2) is 60.7 Å². The number of rotatable bonds is 5. The van der Waals surface area contributed by atoms with E-state index in [9.17, 15) is 4.79 Å². The molecule has 2 N–H and O–H groups in total. The average Bonchev–Trinajstić information content (AvgIpc) is 2.46. The first kappa shape index (κ1) is 13.8. The maximum absolute atomic E-state index is 11.1. The van der Waals surface area contributed by atoms with Crippen LogP contribution in [0.1, 0.15) is 6.42 Å². The van der Waals surface area contributed by atoms with E-state index in [1.807, 2.05) is 12.1 Å². The minimum atomic E-state index is -1.53. The van der Waals surface area contributed by atoms with Gasteiger partial charge in [0.25, 0.3) is 0 Å². The van der Waals surface area contributed by atoms with Crippen LogP contribution in [0.25, 0.3) is 0 Å². The SMILES string of the molecule is C[P+](CCC(N)=O)(c1ccccc1)c1ccccc1. The Morgan fingerprint density at radius 1 is 0.947 bits per heavy atom. The van der Waals surface area contributed by atoms with Crippen molar-refractivity contribution in [3.05, 3.63) is 60.7 Å². The van der Waals surface area contributed by atoms with Crippen LogP contribution in [0.5, 0.6) is 0 Å². The van der Waals surface area contributed by atoms with Crippen LogP contribution in [0.4, 0.5) is 0 Å². The molecule has 3 heteroatoms. The number of primary amides is 1. The Morgan fingerprint density at radius 2 is 1.37 bits per heavy atom. The van der Waals surface area contributed by atoms with E-state index in [0.717, 1.165) is 6.16 Å². The molecule has 98 valence electrons. The Balaban J connectivity index is 2.41. The third-order valence-corrected chi connectivity index (χ3v) is 7.45. The Hall–Kier alpha value is -1.66. The molecule has 0 aromatic heterocycles. The van der Waals surface area contributed by atoms with Gasteiger partial charge in [-0.3, -0.25) is 4.79 Å². The van der Waals surface area contributed by atoms with Crippen molar-refractivity contribution in [2.75, 3.05) is 12.8 Å². The largest absolute Gasteiger partial charge is 0.370 e. The van der Waals surface area contributed by atoms with E-state index in [2.05, 4.69) is 55.2 Å². The molecular weight excluding hydrogens is 253 g/mol. The first-order chi connectivity index (χ1) is 9.13. The number of hydrogen-bond acceptors (Lipinski definition) is 1. The summed E-state index contributed by atoms with van der Waals surface area (Å²) in [5.41, 5.74) is 5.33. The van der Waals surface area contributed by atoms with Gasteiger partial charge in [-0.25, -0.2) is 0 Å². The fraction of sp³-hybridized carbons (Fsp3) is 0.188. The van der Waals surface area contributed by atoms with Gasteiger partial charge in [0.1, 0.15) is 0 Å². The van der Waals surface area contributed by atoms with Crippen LogP contribution in [0.3, 0.4) is 0 Å². The molecule has 0 atom stereocenters. The van der Waals surface area contributed by atoms with Crippen LogP contribution in [-0.4, -0.2) is 18.7 Å². The minimum Gasteiger partial charge on any atom is -0.370 e. The maximum Gasteiger partial charge on any atom is 0.221 e. The first-order valence-electron chi connectivity index (χ1n) is 6.38. The third-order valence-electron chi connectivity index (χ3n) is 3.46. The summed E-state index contributed by atoms with van der Waals surface area (Å²) in [5.74, 6) is -0.224. The summed E-state index contributed by atoms with van der Waals surface area (Å²) in [5, 5.41) is 2.64. The van der Waals surface area contributed by atoms with Crippen molar-refractivity contribution < 1.29 is 4.79 Å². The molecule has 0 radical (unpaired) electrons. The normalized spacial score (nSPS) is 11.2. The zero-order valence-corrected chi connectivity index (χ0v) is 12.0. The quantitative estimate of drug-likeness (QED) is 0.833. The van der Waals surface area contributed by atoms with E-state index in [-0.39, 0.29) is 5.91 Å². The van der Waals surface area contributed by atoms with Gasteiger partial charge in [-0.05, 0) is 24.3 Å². The predicted octanol–water partition coefficient (Wildman–Crippen LogP) is 2.16. The minimum absolute atomic E-state index is 0.224. The number of carbonyl (C=O) groups is 1. The lowest BCUT2D eigenvalue weighted by Gasteiger charge is -2.22. The molecule has 0 saturated heterocycles. The standard InChI is InChI=1S/C16H18NOP/c1-19(13-12-16(17)18,14-8-4-2-5-9-14)15-10-6-3-7-11-15/h2-11H,12-13H2,1H3,(H-,17,18)/p+1. The molecule has 0 unspecified atom stereocenters. The fourth-order valence-electron chi connectivity index (χ4n) is 2.26. The van der Waals surface area contributed by atoms with Gasteiger partial charge in [0.2, 0.25) is 5.91 Å². The lowest BCUT2D eigenvalue weighted by molar-refractivity contribution is -0.117. The van der Waals surface area contributed by atoms with Crippen LogP contribution >= 0.6 is 7.26 Å². The van der Waals surface area contributed by atoms with Crippen LogP contribution in [0, 0.1) is 0 Å². The van der Waals surface area contributed by atoms with E-state index in [4.69, 9.17) is 5.73 Å². The second-order valence-corrected chi connectivity index (χ2v) is 8.67. The molecule has 2 aromatic carbocycles. The summed E-state index contributed by atoms with van der Waals surface area (Å²) in [6.07, 6.45) is 1.27. The van der Waals surface area contributed by atoms with E-state index in [1.165, 1.54) is 10.6 Å². The molecule has 0 aliphatic rings. The molecule has 19 heavy (non-hydrogen) atoms. The number of nitrogens with two attached hydrogens (primary N) is 1. The average molecular weight is 272 g/mol. The van der Waals surface area contributed by atoms with Gasteiger partial charge in [0.15, 0.2) is 0 Å². The highest BCUT2D eigenvalue weighted by molar-refractivity contribution is 7.88. The first-order valence-corrected chi connectivity index (χ1v) is 8.80. The Morgan fingerprint density at radius 3 is 1.74 bits per heavy atom. The van der Waals surface area contributed by atoms with Gasteiger partial charge in [-0.2, -0.15) is 0 Å². The molecule has 0 heterocycles. The predicted molar refractivity (Wildman–Crippen MR) is 83.7 cm³/mol. The van der Waals surface area contributed by atoms with E-state index in [0.29, 0.717) is 6.42 Å². The molecule has 2 aromatic rings. The van der Waals surface area contributed by atoms with E-state index >= 15 is 0 Å². The van der Waals surface area contributed by atoms with Crippen LogP contribution in [0.2, 0.25) is 0 Å². The second kappa shape index (κ2) is 5.99. The molecule has 1 amide bonds. The zero-order valence-electron chi connectivity index (χ0n) is 11.1. The molecule has 0 aliphatic heterocycles. The van der Waals surface area contributed by atoms with Crippen molar-refractivity contribution in [2.45, 2.75) is 6.42 Å². The third kappa shape index (κ3) is 3.21. The summed E-state index contributed by atoms with van der Waals surface area (Å²) in [6, 6.07) is 20.9. The highest BCUT2D eigenvalue weighted by Gasteiger charge is 2.37. The van der Waals surface area contributed by atoms with Crippen molar-refractivity contribution in [3.8, 4) is 0 Å². The number of benzene rings is 2. The zero-order chi connectivity index (χ0) is 13.7. The van der Waals surface area contributed by atoms with Crippen LogP contribution < -0.4 is 16.3 Å². The summed E-state index contributed by atoms with van der Waals surface area (Å²) >= 11 is 0. The van der Waals surface area contributed by atoms with Crippen molar-refractivity contribution >= 4 is 23.8 Å². The van der Waals surface area contributed by atoms with Crippen LogP contribution in [-0.2, 0) is 4.79 Å². The van der Waals surface area contributed by atoms with Gasteiger partial charge >= 0.3 is 0 Å². The van der Waals surface area contributed by atoms with Gasteiger partial charge in [0.05, 0.1) is 37.1 Å². The summed E-state index contributed by atoms with van der Waals surface area (Å²) in [7, 11) is -1.53. The highest BCUT2D eigenvalue weighted by Crippen LogP contribution is 2.52. The molecule has 2 nitrogen and oxygen atoms in total. The molecule has 0 aliphatic carbocycles. The Labute approximate surface area is 115 Å². The molecule has 0 bridgehead atoms. The molecular formula is C16H19NOP+. The highest BCUT2D eigenvalue weighted by atomic mass is 31.2. The summed E-state index contributed by atoms with van der Waals surface area (Å²) < 4.78 is 0. The van der Waals surface area contributed by atoms with Crippen molar-refractivity contribution in [1.82, 2.24) is 0 Å². The monoisotopic (exact) mass is 272 g/mol. The Bertz CT molecular complexity index is 500. The van der Waals surface area contributed by atoms with Crippen molar-refractivity contribution in [3.63, 3.8) is 0 Å². The Kier molecular flexibility index (Phi) is 4.34. The molecule has 0 saturated carbocycles. The van der Waals surface area contributed by atoms with Crippen molar-refractivity contribution in [2.24, 2.45) is 5.73 Å². The van der Waals surface area contributed by atoms with Gasteiger partial charge in [-0.15, -0.1) is 0 Å². The lowest BCUT2D eigenvalue weighted by atomic mass is 10.4. The lowest BCUT2D eigenvalue weighted by Crippen LogP contribution is -2.26. The number of carbonyl (C=O) groups excluding carboxylic acids is 1. The molecule has 0 spiro atoms. The van der Waals surface area contributed by atoms with E-state index < -0.39 is 7.26 Å². The van der Waals surface area contributed by atoms with E-state index in [1.54, 1.807) is 0 Å². The summed E-state index contributed by atoms with van der Waals surface area (Å²) in [4.78, 5) is 11.1. The number of hydrogen-bond donors (Lipinski definition) is 1. The summed E-state index contributed by atoms with van der Waals surface area (Å²) in [6.45, 7) is 2.28. The van der Waals surface area contributed by atoms with Crippen molar-refractivity contribution in [1.29, 1.82) is 0 Å².